The number of aromatic nitrogens is 6. The number of anilines is 1. The molecule has 7 nitrogen and oxygen atoms in total. The molecule has 2 aliphatic rings. The molecule has 1 aliphatic heterocycles. The van der Waals surface area contributed by atoms with E-state index in [9.17, 15) is 0 Å². The number of hydrogen-bond acceptors (Lipinski definition) is 5. The van der Waals surface area contributed by atoms with Crippen molar-refractivity contribution in [1.29, 1.82) is 0 Å². The van der Waals surface area contributed by atoms with Crippen LogP contribution in [0.1, 0.15) is 30.7 Å². The van der Waals surface area contributed by atoms with Crippen LogP contribution >= 0.6 is 0 Å². The van der Waals surface area contributed by atoms with Gasteiger partial charge in [-0.3, -0.25) is 4.68 Å². The zero-order valence-electron chi connectivity index (χ0n) is 16.7. The summed E-state index contributed by atoms with van der Waals surface area (Å²) in [5, 5.41) is 10.4. The molecule has 4 heterocycles. The Balaban J connectivity index is 1.54. The molecule has 1 saturated heterocycles. The minimum absolute atomic E-state index is 0.756. The molecule has 1 saturated carbocycles. The summed E-state index contributed by atoms with van der Waals surface area (Å²) in [7, 11) is 3.94. The summed E-state index contributed by atoms with van der Waals surface area (Å²) >= 11 is 0. The average Bonchev–Trinajstić information content (AvgIpc) is 3.39. The molecule has 0 radical (unpaired) electrons. The Morgan fingerprint density at radius 1 is 0.966 bits per heavy atom. The molecule has 1 aliphatic carbocycles. The van der Waals surface area contributed by atoms with Gasteiger partial charge in [0.25, 0.3) is 0 Å². The maximum Gasteiger partial charge on any atom is 0.163 e. The molecule has 0 bridgehead atoms. The Morgan fingerprint density at radius 2 is 1.76 bits per heavy atom. The van der Waals surface area contributed by atoms with Crippen molar-refractivity contribution in [1.82, 2.24) is 29.5 Å². The molecular formula is C22H23N7. The summed E-state index contributed by atoms with van der Waals surface area (Å²) in [6.45, 7) is 2.06. The summed E-state index contributed by atoms with van der Waals surface area (Å²) in [5.74, 6) is 1.73. The Bertz CT molecular complexity index is 1210. The lowest BCUT2D eigenvalue weighted by molar-refractivity contribution is 0.611. The number of benzene rings is 1. The maximum atomic E-state index is 4.85. The number of hydrogen-bond donors (Lipinski definition) is 0. The van der Waals surface area contributed by atoms with Gasteiger partial charge in [0, 0.05) is 38.3 Å². The van der Waals surface area contributed by atoms with Crippen LogP contribution in [-0.4, -0.2) is 42.6 Å². The molecule has 3 aromatic heterocycles. The third kappa shape index (κ3) is 2.57. The zero-order valence-corrected chi connectivity index (χ0v) is 16.7. The second kappa shape index (κ2) is 6.14. The van der Waals surface area contributed by atoms with Gasteiger partial charge in [-0.1, -0.05) is 24.3 Å². The summed E-state index contributed by atoms with van der Waals surface area (Å²) in [6, 6.07) is 8.95. The highest BCUT2D eigenvalue weighted by Gasteiger charge is 2.27. The molecule has 146 valence electrons. The van der Waals surface area contributed by atoms with E-state index in [0.29, 0.717) is 0 Å². The van der Waals surface area contributed by atoms with Gasteiger partial charge in [0.1, 0.15) is 17.8 Å². The molecule has 2 fully saturated rings. The first-order chi connectivity index (χ1) is 14.2. The molecular weight excluding hydrogens is 362 g/mol. The fraction of sp³-hybridized carbons (Fsp3) is 0.364. The molecule has 0 amide bonds. The van der Waals surface area contributed by atoms with Gasteiger partial charge in [-0.25, -0.2) is 14.6 Å². The van der Waals surface area contributed by atoms with Gasteiger partial charge in [-0.05, 0) is 30.7 Å². The monoisotopic (exact) mass is 385 g/mol. The first-order valence-corrected chi connectivity index (χ1v) is 10.3. The van der Waals surface area contributed by atoms with Gasteiger partial charge in [0.2, 0.25) is 0 Å². The molecule has 6 rings (SSSR count). The zero-order chi connectivity index (χ0) is 19.5. The number of fused-ring (bicyclic) bond motifs is 1. The summed E-state index contributed by atoms with van der Waals surface area (Å²) in [4.78, 5) is 11.4. The van der Waals surface area contributed by atoms with Crippen molar-refractivity contribution in [2.75, 3.05) is 18.0 Å². The highest BCUT2D eigenvalue weighted by molar-refractivity contribution is 6.02. The van der Waals surface area contributed by atoms with Crippen molar-refractivity contribution in [3.05, 3.63) is 42.4 Å². The highest BCUT2D eigenvalue weighted by atomic mass is 15.3. The van der Waals surface area contributed by atoms with Gasteiger partial charge >= 0.3 is 0 Å². The lowest BCUT2D eigenvalue weighted by Gasteiger charge is -2.32. The average molecular weight is 385 g/mol. The quantitative estimate of drug-likeness (QED) is 0.538. The van der Waals surface area contributed by atoms with E-state index in [2.05, 4.69) is 44.2 Å². The lowest BCUT2D eigenvalue weighted by Crippen LogP contribution is -2.37. The van der Waals surface area contributed by atoms with E-state index < -0.39 is 0 Å². The molecule has 0 unspecified atom stereocenters. The van der Waals surface area contributed by atoms with E-state index in [0.717, 1.165) is 58.4 Å². The summed E-state index contributed by atoms with van der Waals surface area (Å²) in [6.07, 6.45) is 7.39. The second-order valence-corrected chi connectivity index (χ2v) is 8.14. The first-order valence-electron chi connectivity index (χ1n) is 10.3. The lowest BCUT2D eigenvalue weighted by atomic mass is 10.0. The fourth-order valence-electron chi connectivity index (χ4n) is 4.31. The first kappa shape index (κ1) is 16.7. The van der Waals surface area contributed by atoms with Crippen molar-refractivity contribution in [2.45, 2.75) is 25.2 Å². The Hall–Kier alpha value is -3.22. The van der Waals surface area contributed by atoms with E-state index in [1.165, 1.54) is 24.8 Å². The molecule has 0 spiro atoms. The predicted octanol–water partition coefficient (Wildman–Crippen LogP) is 3.52. The Morgan fingerprint density at radius 3 is 2.45 bits per heavy atom. The standard InChI is InChI=1S/C22H23N7/c1-27-20(16-8-6-15(7-9-16)14-4-5-14)17(12-25-27)19-18-21(28(2)26-19)23-13-24-22(18)29-10-3-11-29/h6-9,12-14H,3-5,10-11H2,1-2H3. The predicted molar refractivity (Wildman–Crippen MR) is 113 cm³/mol. The van der Waals surface area contributed by atoms with Crippen molar-refractivity contribution in [2.24, 2.45) is 14.1 Å². The number of rotatable bonds is 4. The summed E-state index contributed by atoms with van der Waals surface area (Å²) < 4.78 is 3.79. The molecule has 4 aromatic rings. The van der Waals surface area contributed by atoms with E-state index >= 15 is 0 Å². The van der Waals surface area contributed by atoms with Crippen LogP contribution in [0.25, 0.3) is 33.5 Å². The van der Waals surface area contributed by atoms with Gasteiger partial charge in [0.05, 0.1) is 17.3 Å². The Labute approximate surface area is 169 Å². The van der Waals surface area contributed by atoms with Gasteiger partial charge in [-0.2, -0.15) is 10.2 Å². The van der Waals surface area contributed by atoms with E-state index in [-0.39, 0.29) is 0 Å². The van der Waals surface area contributed by atoms with Crippen LogP contribution in [0.15, 0.2) is 36.8 Å². The third-order valence-corrected chi connectivity index (χ3v) is 6.18. The summed E-state index contributed by atoms with van der Waals surface area (Å²) in [5.41, 5.74) is 6.45. The minimum Gasteiger partial charge on any atom is -0.356 e. The topological polar surface area (TPSA) is 64.7 Å². The van der Waals surface area contributed by atoms with Crippen LogP contribution < -0.4 is 4.90 Å². The van der Waals surface area contributed by atoms with Crippen LogP contribution in [0, 0.1) is 0 Å². The molecule has 29 heavy (non-hydrogen) atoms. The third-order valence-electron chi connectivity index (χ3n) is 6.18. The van der Waals surface area contributed by atoms with Crippen LogP contribution in [-0.2, 0) is 14.1 Å². The minimum atomic E-state index is 0.756. The fourth-order valence-corrected chi connectivity index (χ4v) is 4.31. The van der Waals surface area contributed by atoms with Crippen molar-refractivity contribution in [3.63, 3.8) is 0 Å². The van der Waals surface area contributed by atoms with E-state index in [1.54, 1.807) is 6.33 Å². The van der Waals surface area contributed by atoms with Crippen LogP contribution in [0.4, 0.5) is 5.82 Å². The number of aryl methyl sites for hydroxylation is 2. The van der Waals surface area contributed by atoms with Crippen molar-refractivity contribution in [3.8, 4) is 22.5 Å². The molecule has 7 heteroatoms. The van der Waals surface area contributed by atoms with Gasteiger partial charge in [-0.15, -0.1) is 0 Å². The van der Waals surface area contributed by atoms with E-state index in [4.69, 9.17) is 5.10 Å². The molecule has 1 aromatic carbocycles. The van der Waals surface area contributed by atoms with Gasteiger partial charge < -0.3 is 4.90 Å². The SMILES string of the molecule is Cn1ncc(-c2nn(C)c3ncnc(N4CCC4)c23)c1-c1ccc(C2CC2)cc1. The number of nitrogens with zero attached hydrogens (tertiary/aromatic N) is 7. The van der Waals surface area contributed by atoms with Crippen LogP contribution in [0.3, 0.4) is 0 Å². The van der Waals surface area contributed by atoms with Gasteiger partial charge in [0.15, 0.2) is 5.65 Å². The van der Waals surface area contributed by atoms with Crippen molar-refractivity contribution >= 4 is 16.9 Å². The Kier molecular flexibility index (Phi) is 3.54. The highest BCUT2D eigenvalue weighted by Crippen LogP contribution is 2.42. The largest absolute Gasteiger partial charge is 0.356 e. The smallest absolute Gasteiger partial charge is 0.163 e. The second-order valence-electron chi connectivity index (χ2n) is 8.14. The molecule has 0 atom stereocenters. The van der Waals surface area contributed by atoms with Crippen molar-refractivity contribution < 1.29 is 0 Å². The maximum absolute atomic E-state index is 4.85. The van der Waals surface area contributed by atoms with E-state index in [1.807, 2.05) is 29.7 Å². The normalized spacial score (nSPS) is 16.4. The van der Waals surface area contributed by atoms with Crippen LogP contribution in [0.2, 0.25) is 0 Å². The van der Waals surface area contributed by atoms with Crippen LogP contribution in [0.5, 0.6) is 0 Å². The molecule has 0 N–H and O–H groups in total.